The highest BCUT2D eigenvalue weighted by Crippen LogP contribution is 2.17. The summed E-state index contributed by atoms with van der Waals surface area (Å²) in [6.45, 7) is 0. The van der Waals surface area contributed by atoms with Crippen LogP contribution >= 0.6 is 11.6 Å². The number of nitrogens with zero attached hydrogens (tertiary/aromatic N) is 2. The molecule has 1 unspecified atom stereocenters. The van der Waals surface area contributed by atoms with Crippen molar-refractivity contribution in [3.8, 4) is 0 Å². The van der Waals surface area contributed by atoms with E-state index in [9.17, 15) is 4.79 Å². The number of hydrogen-bond donors (Lipinski definition) is 2. The second kappa shape index (κ2) is 3.52. The Bertz CT molecular complexity index is 523. The lowest BCUT2D eigenvalue weighted by atomic mass is 10.1. The van der Waals surface area contributed by atoms with Gasteiger partial charge in [-0.25, -0.2) is 4.98 Å². The summed E-state index contributed by atoms with van der Waals surface area (Å²) in [6, 6.07) is 2.24. The Labute approximate surface area is 90.1 Å². The molecule has 5 nitrogen and oxygen atoms in total. The maximum Gasteiger partial charge on any atom is 0.325 e. The topological polar surface area (TPSA) is 80.6 Å². The quantitative estimate of drug-likeness (QED) is 0.801. The van der Waals surface area contributed by atoms with Crippen molar-refractivity contribution in [3.05, 3.63) is 35.4 Å². The van der Waals surface area contributed by atoms with E-state index in [0.29, 0.717) is 16.4 Å². The molecule has 0 aliphatic heterocycles. The molecule has 0 bridgehead atoms. The molecule has 0 saturated carbocycles. The molecule has 2 rings (SSSR count). The Kier molecular flexibility index (Phi) is 2.34. The summed E-state index contributed by atoms with van der Waals surface area (Å²) in [7, 11) is 0. The largest absolute Gasteiger partial charge is 0.480 e. The third-order valence-electron chi connectivity index (χ3n) is 2.14. The summed E-state index contributed by atoms with van der Waals surface area (Å²) in [4.78, 5) is 14.5. The Hall–Kier alpha value is -1.59. The van der Waals surface area contributed by atoms with Gasteiger partial charge in [-0.15, -0.1) is 0 Å². The SMILES string of the molecule is NC(C(=O)O)c1ccn2c(Cl)ncc2c1. The summed E-state index contributed by atoms with van der Waals surface area (Å²) in [5.41, 5.74) is 6.71. The molecule has 15 heavy (non-hydrogen) atoms. The van der Waals surface area contributed by atoms with Gasteiger partial charge < -0.3 is 10.8 Å². The van der Waals surface area contributed by atoms with E-state index in [1.807, 2.05) is 0 Å². The highest BCUT2D eigenvalue weighted by molar-refractivity contribution is 6.28. The van der Waals surface area contributed by atoms with E-state index in [-0.39, 0.29) is 0 Å². The van der Waals surface area contributed by atoms with Crippen LogP contribution in [0.15, 0.2) is 24.5 Å². The van der Waals surface area contributed by atoms with E-state index in [2.05, 4.69) is 4.98 Å². The van der Waals surface area contributed by atoms with Crippen LogP contribution in [0.5, 0.6) is 0 Å². The summed E-state index contributed by atoms with van der Waals surface area (Å²) in [5, 5.41) is 9.07. The first kappa shape index (κ1) is 9.95. The number of pyridine rings is 1. The molecule has 0 aromatic carbocycles. The average molecular weight is 226 g/mol. The fourth-order valence-electron chi connectivity index (χ4n) is 1.32. The predicted octanol–water partition coefficient (Wildman–Crippen LogP) is 1.07. The molecule has 1 atom stereocenters. The molecule has 2 aromatic rings. The third-order valence-corrected chi connectivity index (χ3v) is 2.42. The summed E-state index contributed by atoms with van der Waals surface area (Å²) in [5.74, 6) is -1.06. The van der Waals surface area contributed by atoms with Gasteiger partial charge in [0.1, 0.15) is 6.04 Å². The number of fused-ring (bicyclic) bond motifs is 1. The molecule has 2 aromatic heterocycles. The maximum atomic E-state index is 10.7. The summed E-state index contributed by atoms with van der Waals surface area (Å²) < 4.78 is 1.64. The minimum absolute atomic E-state index is 0.334. The number of carboxylic acids is 1. The highest BCUT2D eigenvalue weighted by atomic mass is 35.5. The van der Waals surface area contributed by atoms with Crippen LogP contribution in [0.1, 0.15) is 11.6 Å². The first-order valence-corrected chi connectivity index (χ1v) is 4.58. The lowest BCUT2D eigenvalue weighted by Crippen LogP contribution is -2.20. The van der Waals surface area contributed by atoms with Gasteiger partial charge in [-0.05, 0) is 29.3 Å². The number of nitrogens with two attached hydrogens (primary N) is 1. The van der Waals surface area contributed by atoms with Gasteiger partial charge in [0, 0.05) is 6.20 Å². The fraction of sp³-hybridized carbons (Fsp3) is 0.111. The van der Waals surface area contributed by atoms with Crippen LogP contribution in [-0.2, 0) is 4.79 Å². The number of aliphatic carboxylic acids is 1. The van der Waals surface area contributed by atoms with Crippen LogP contribution < -0.4 is 5.73 Å². The van der Waals surface area contributed by atoms with Crippen LogP contribution in [0, 0.1) is 0 Å². The first-order valence-electron chi connectivity index (χ1n) is 4.20. The number of carboxylic acid groups (broad SMARTS) is 1. The van der Waals surface area contributed by atoms with Gasteiger partial charge in [0.05, 0.1) is 11.7 Å². The minimum atomic E-state index is -1.06. The van der Waals surface area contributed by atoms with E-state index < -0.39 is 12.0 Å². The zero-order valence-electron chi connectivity index (χ0n) is 7.59. The maximum absolute atomic E-state index is 10.7. The molecular weight excluding hydrogens is 218 g/mol. The molecule has 2 heterocycles. The second-order valence-electron chi connectivity index (χ2n) is 3.10. The van der Waals surface area contributed by atoms with Crippen LogP contribution in [0.2, 0.25) is 5.28 Å². The number of hydrogen-bond acceptors (Lipinski definition) is 3. The Balaban J connectivity index is 2.52. The number of halogens is 1. The molecule has 78 valence electrons. The number of imidazole rings is 1. The van der Waals surface area contributed by atoms with Gasteiger partial charge in [0.25, 0.3) is 0 Å². The molecule has 0 aliphatic carbocycles. The fourth-order valence-corrected chi connectivity index (χ4v) is 1.52. The smallest absolute Gasteiger partial charge is 0.325 e. The normalized spacial score (nSPS) is 12.9. The zero-order chi connectivity index (χ0) is 11.0. The lowest BCUT2D eigenvalue weighted by molar-refractivity contribution is -0.138. The molecule has 0 amide bonds. The van der Waals surface area contributed by atoms with Crippen LogP contribution in [-0.4, -0.2) is 20.5 Å². The van der Waals surface area contributed by atoms with Gasteiger partial charge >= 0.3 is 5.97 Å². The van der Waals surface area contributed by atoms with Crippen molar-refractivity contribution in [2.24, 2.45) is 5.73 Å². The standard InChI is InChI=1S/C9H8ClN3O2/c10-9-12-4-6-3-5(1-2-13(6)9)7(11)8(14)15/h1-4,7H,11H2,(H,14,15). The van der Waals surface area contributed by atoms with Gasteiger partial charge in [-0.3, -0.25) is 9.20 Å². The van der Waals surface area contributed by atoms with Crippen LogP contribution in [0.4, 0.5) is 0 Å². The Morgan fingerprint density at radius 2 is 2.40 bits per heavy atom. The van der Waals surface area contributed by atoms with Crippen molar-refractivity contribution in [3.63, 3.8) is 0 Å². The van der Waals surface area contributed by atoms with Gasteiger partial charge in [0.15, 0.2) is 0 Å². The van der Waals surface area contributed by atoms with E-state index in [4.69, 9.17) is 22.4 Å². The van der Waals surface area contributed by atoms with Gasteiger partial charge in [0.2, 0.25) is 5.28 Å². The number of rotatable bonds is 2. The molecule has 0 fully saturated rings. The molecular formula is C9H8ClN3O2. The third kappa shape index (κ3) is 1.67. The first-order chi connectivity index (χ1) is 7.09. The van der Waals surface area contributed by atoms with Crippen molar-refractivity contribution >= 4 is 23.1 Å². The van der Waals surface area contributed by atoms with Gasteiger partial charge in [-0.1, -0.05) is 0 Å². The van der Waals surface area contributed by atoms with E-state index in [1.165, 1.54) is 0 Å². The molecule has 0 spiro atoms. The lowest BCUT2D eigenvalue weighted by Gasteiger charge is -2.06. The average Bonchev–Trinajstić information content (AvgIpc) is 2.59. The van der Waals surface area contributed by atoms with Gasteiger partial charge in [-0.2, -0.15) is 0 Å². The van der Waals surface area contributed by atoms with Crippen LogP contribution in [0.25, 0.3) is 5.52 Å². The van der Waals surface area contributed by atoms with E-state index in [0.717, 1.165) is 0 Å². The van der Waals surface area contributed by atoms with E-state index in [1.54, 1.807) is 28.9 Å². The van der Waals surface area contributed by atoms with Crippen molar-refractivity contribution < 1.29 is 9.90 Å². The highest BCUT2D eigenvalue weighted by Gasteiger charge is 2.14. The van der Waals surface area contributed by atoms with E-state index >= 15 is 0 Å². The molecule has 6 heteroatoms. The zero-order valence-corrected chi connectivity index (χ0v) is 8.35. The van der Waals surface area contributed by atoms with Crippen molar-refractivity contribution in [1.29, 1.82) is 0 Å². The molecule has 0 radical (unpaired) electrons. The second-order valence-corrected chi connectivity index (χ2v) is 3.44. The van der Waals surface area contributed by atoms with Crippen molar-refractivity contribution in [2.75, 3.05) is 0 Å². The monoisotopic (exact) mass is 225 g/mol. The molecule has 0 aliphatic rings. The summed E-state index contributed by atoms with van der Waals surface area (Å²) >= 11 is 5.77. The Morgan fingerprint density at radius 1 is 1.67 bits per heavy atom. The minimum Gasteiger partial charge on any atom is -0.480 e. The Morgan fingerprint density at radius 3 is 3.07 bits per heavy atom. The van der Waals surface area contributed by atoms with Crippen molar-refractivity contribution in [2.45, 2.75) is 6.04 Å². The summed E-state index contributed by atoms with van der Waals surface area (Å²) in [6.07, 6.45) is 3.20. The predicted molar refractivity (Wildman–Crippen MR) is 54.8 cm³/mol. The van der Waals surface area contributed by atoms with Crippen LogP contribution in [0.3, 0.4) is 0 Å². The molecule has 3 N–H and O–H groups in total. The van der Waals surface area contributed by atoms with Crippen molar-refractivity contribution in [1.82, 2.24) is 9.38 Å². The number of carbonyl (C=O) groups is 1. The molecule has 0 saturated heterocycles. The number of aromatic nitrogens is 2.